The lowest BCUT2D eigenvalue weighted by Gasteiger charge is -2.28. The molecule has 0 fully saturated rings. The minimum Gasteiger partial charge on any atom is -0.389 e. The number of ether oxygens (including phenoxy) is 1. The van der Waals surface area contributed by atoms with Crippen LogP contribution < -0.4 is 5.32 Å². The highest BCUT2D eigenvalue weighted by Gasteiger charge is 2.19. The molecule has 3 heteroatoms. The van der Waals surface area contributed by atoms with Crippen LogP contribution in [0.1, 0.15) is 46.3 Å². The number of benzene rings is 1. The highest BCUT2D eigenvalue weighted by atomic mass is 16.5. The zero-order valence-electron chi connectivity index (χ0n) is 14.1. The van der Waals surface area contributed by atoms with Gasteiger partial charge in [-0.1, -0.05) is 58.0 Å². The number of aliphatic hydroxyl groups excluding tert-OH is 1. The smallest absolute Gasteiger partial charge is 0.0897 e. The quantitative estimate of drug-likeness (QED) is 0.772. The Morgan fingerprint density at radius 2 is 1.71 bits per heavy atom. The molecule has 0 aliphatic carbocycles. The van der Waals surface area contributed by atoms with Crippen molar-refractivity contribution in [2.45, 2.75) is 46.8 Å². The molecule has 0 aliphatic rings. The third kappa shape index (κ3) is 7.07. The van der Waals surface area contributed by atoms with Crippen LogP contribution in [0, 0.1) is 11.3 Å². The summed E-state index contributed by atoms with van der Waals surface area (Å²) in [5.74, 6) is 0.564. The van der Waals surface area contributed by atoms with E-state index in [-0.39, 0.29) is 11.5 Å². The van der Waals surface area contributed by atoms with Crippen LogP contribution in [-0.4, -0.2) is 30.9 Å². The Balaban J connectivity index is 2.21. The molecular formula is C18H31NO2. The fourth-order valence-electron chi connectivity index (χ4n) is 1.91. The fourth-order valence-corrected chi connectivity index (χ4v) is 1.91. The lowest BCUT2D eigenvalue weighted by Crippen LogP contribution is -2.36. The molecule has 0 bridgehead atoms. The molecule has 1 rings (SSSR count). The standard InChI is InChI=1S/C18H31NO2/c1-14(18(3,4)5)11-19-12-17(20)13-21-15(2)16-9-7-6-8-10-16/h6-10,14-15,17,19-20H,11-13H2,1-5H3. The summed E-state index contributed by atoms with van der Waals surface area (Å²) in [6.45, 7) is 12.8. The number of nitrogens with one attached hydrogen (secondary N) is 1. The Morgan fingerprint density at radius 3 is 2.29 bits per heavy atom. The van der Waals surface area contributed by atoms with Crippen molar-refractivity contribution in [2.75, 3.05) is 19.7 Å². The predicted octanol–water partition coefficient (Wildman–Crippen LogP) is 3.40. The van der Waals surface area contributed by atoms with Gasteiger partial charge in [0.05, 0.1) is 18.8 Å². The van der Waals surface area contributed by atoms with Crippen molar-refractivity contribution in [3.05, 3.63) is 35.9 Å². The highest BCUT2D eigenvalue weighted by molar-refractivity contribution is 5.16. The third-order valence-electron chi connectivity index (χ3n) is 4.12. The van der Waals surface area contributed by atoms with E-state index in [1.807, 2.05) is 37.3 Å². The molecule has 21 heavy (non-hydrogen) atoms. The topological polar surface area (TPSA) is 41.5 Å². The molecule has 0 aromatic heterocycles. The van der Waals surface area contributed by atoms with E-state index in [2.05, 4.69) is 33.0 Å². The molecule has 1 aromatic carbocycles. The second-order valence-corrected chi connectivity index (χ2v) is 6.97. The van der Waals surface area contributed by atoms with Gasteiger partial charge in [-0.05, 0) is 30.4 Å². The maximum absolute atomic E-state index is 9.97. The van der Waals surface area contributed by atoms with Crippen LogP contribution in [0.2, 0.25) is 0 Å². The van der Waals surface area contributed by atoms with Crippen LogP contribution in [0.25, 0.3) is 0 Å². The van der Waals surface area contributed by atoms with Gasteiger partial charge in [-0.3, -0.25) is 0 Å². The molecular weight excluding hydrogens is 262 g/mol. The molecule has 0 spiro atoms. The van der Waals surface area contributed by atoms with Crippen molar-refractivity contribution >= 4 is 0 Å². The van der Waals surface area contributed by atoms with Crippen LogP contribution in [0.5, 0.6) is 0 Å². The second-order valence-electron chi connectivity index (χ2n) is 6.97. The second kappa shape index (κ2) is 8.52. The van der Waals surface area contributed by atoms with Gasteiger partial charge in [-0.2, -0.15) is 0 Å². The first kappa shape index (κ1) is 18.1. The van der Waals surface area contributed by atoms with Crippen LogP contribution in [0.4, 0.5) is 0 Å². The number of hydrogen-bond donors (Lipinski definition) is 2. The maximum atomic E-state index is 9.97. The Hall–Kier alpha value is -0.900. The molecule has 3 atom stereocenters. The fraction of sp³-hybridized carbons (Fsp3) is 0.667. The largest absolute Gasteiger partial charge is 0.389 e. The van der Waals surface area contributed by atoms with Crippen molar-refractivity contribution in [3.63, 3.8) is 0 Å². The average Bonchev–Trinajstić information content (AvgIpc) is 2.44. The zero-order valence-corrected chi connectivity index (χ0v) is 14.1. The van der Waals surface area contributed by atoms with Crippen molar-refractivity contribution in [3.8, 4) is 0 Å². The van der Waals surface area contributed by atoms with Crippen LogP contribution in [0.3, 0.4) is 0 Å². The molecule has 3 unspecified atom stereocenters. The van der Waals surface area contributed by atoms with Crippen molar-refractivity contribution in [2.24, 2.45) is 11.3 Å². The maximum Gasteiger partial charge on any atom is 0.0897 e. The summed E-state index contributed by atoms with van der Waals surface area (Å²) in [5, 5.41) is 13.3. The van der Waals surface area contributed by atoms with E-state index < -0.39 is 6.10 Å². The van der Waals surface area contributed by atoms with E-state index in [1.165, 1.54) is 0 Å². The molecule has 0 aliphatic heterocycles. The number of rotatable bonds is 8. The van der Waals surface area contributed by atoms with E-state index in [9.17, 15) is 5.11 Å². The van der Waals surface area contributed by atoms with Gasteiger partial charge >= 0.3 is 0 Å². The normalized spacial score (nSPS) is 16.5. The first-order valence-corrected chi connectivity index (χ1v) is 7.86. The summed E-state index contributed by atoms with van der Waals surface area (Å²) in [6.07, 6.45) is -0.460. The Labute approximate surface area is 129 Å². The summed E-state index contributed by atoms with van der Waals surface area (Å²) < 4.78 is 5.72. The van der Waals surface area contributed by atoms with Gasteiger partial charge in [0.1, 0.15) is 0 Å². The van der Waals surface area contributed by atoms with Crippen LogP contribution >= 0.6 is 0 Å². The average molecular weight is 293 g/mol. The van der Waals surface area contributed by atoms with Gasteiger partial charge in [0, 0.05) is 6.54 Å². The molecule has 2 N–H and O–H groups in total. The first-order chi connectivity index (χ1) is 9.80. The monoisotopic (exact) mass is 293 g/mol. The molecule has 0 radical (unpaired) electrons. The number of aliphatic hydroxyl groups is 1. The van der Waals surface area contributed by atoms with Crippen molar-refractivity contribution < 1.29 is 9.84 Å². The van der Waals surface area contributed by atoms with Gasteiger partial charge in [0.25, 0.3) is 0 Å². The Morgan fingerprint density at radius 1 is 1.10 bits per heavy atom. The molecule has 0 amide bonds. The predicted molar refractivity (Wildman–Crippen MR) is 88.3 cm³/mol. The Kier molecular flexibility index (Phi) is 7.36. The van der Waals surface area contributed by atoms with Crippen LogP contribution in [-0.2, 0) is 4.74 Å². The number of hydrogen-bond acceptors (Lipinski definition) is 3. The summed E-state index contributed by atoms with van der Waals surface area (Å²) in [4.78, 5) is 0. The molecule has 0 saturated heterocycles. The molecule has 1 aromatic rings. The van der Waals surface area contributed by atoms with Crippen molar-refractivity contribution in [1.29, 1.82) is 0 Å². The Bertz CT molecular complexity index is 386. The van der Waals surface area contributed by atoms with Gasteiger partial charge in [0.15, 0.2) is 0 Å². The summed E-state index contributed by atoms with van der Waals surface area (Å²) in [6, 6.07) is 10.1. The lowest BCUT2D eigenvalue weighted by molar-refractivity contribution is -0.00256. The van der Waals surface area contributed by atoms with E-state index in [0.717, 1.165) is 12.1 Å². The molecule has 3 nitrogen and oxygen atoms in total. The molecule has 0 heterocycles. The minimum absolute atomic E-state index is 0.00866. The van der Waals surface area contributed by atoms with Gasteiger partial charge in [-0.15, -0.1) is 0 Å². The lowest BCUT2D eigenvalue weighted by atomic mass is 9.82. The van der Waals surface area contributed by atoms with Gasteiger partial charge in [0.2, 0.25) is 0 Å². The summed E-state index contributed by atoms with van der Waals surface area (Å²) in [5.41, 5.74) is 1.43. The van der Waals surface area contributed by atoms with E-state index in [0.29, 0.717) is 19.1 Å². The zero-order chi connectivity index (χ0) is 15.9. The minimum atomic E-state index is -0.469. The molecule has 0 saturated carbocycles. The van der Waals surface area contributed by atoms with Gasteiger partial charge < -0.3 is 15.2 Å². The summed E-state index contributed by atoms with van der Waals surface area (Å²) in [7, 11) is 0. The summed E-state index contributed by atoms with van der Waals surface area (Å²) >= 11 is 0. The molecule has 120 valence electrons. The SMILES string of the molecule is CC(OCC(O)CNCC(C)C(C)(C)C)c1ccccc1. The van der Waals surface area contributed by atoms with E-state index >= 15 is 0 Å². The van der Waals surface area contributed by atoms with Crippen LogP contribution in [0.15, 0.2) is 30.3 Å². The van der Waals surface area contributed by atoms with E-state index in [4.69, 9.17) is 4.74 Å². The van der Waals surface area contributed by atoms with Gasteiger partial charge in [-0.25, -0.2) is 0 Å². The van der Waals surface area contributed by atoms with E-state index in [1.54, 1.807) is 0 Å². The van der Waals surface area contributed by atoms with Crippen molar-refractivity contribution in [1.82, 2.24) is 5.32 Å². The highest BCUT2D eigenvalue weighted by Crippen LogP contribution is 2.24. The third-order valence-corrected chi connectivity index (χ3v) is 4.12. The first-order valence-electron chi connectivity index (χ1n) is 7.86.